The van der Waals surface area contributed by atoms with Crippen LogP contribution in [-0.4, -0.2) is 31.0 Å². The van der Waals surface area contributed by atoms with Gasteiger partial charge < -0.3 is 25.7 Å². The summed E-state index contributed by atoms with van der Waals surface area (Å²) in [5.74, 6) is -1.79. The van der Waals surface area contributed by atoms with Gasteiger partial charge in [0.1, 0.15) is 11.7 Å². The second kappa shape index (κ2) is 9.49. The predicted molar refractivity (Wildman–Crippen MR) is 73.0 cm³/mol. The molecule has 0 aliphatic heterocycles. The third-order valence-corrected chi connectivity index (χ3v) is 2.29. The summed E-state index contributed by atoms with van der Waals surface area (Å²) in [5, 5.41) is 11.5. The molecule has 1 amide bonds. The summed E-state index contributed by atoms with van der Waals surface area (Å²) in [6, 6.07) is 6.83. The van der Waals surface area contributed by atoms with E-state index >= 15 is 0 Å². The minimum absolute atomic E-state index is 0.258. The highest BCUT2D eigenvalue weighted by molar-refractivity contribution is 5.83. The fraction of sp³-hybridized carbons (Fsp3) is 0.357. The molecule has 1 unspecified atom stereocenters. The first-order valence-corrected chi connectivity index (χ1v) is 6.19. The predicted octanol–water partition coefficient (Wildman–Crippen LogP) is -1.46. The van der Waals surface area contributed by atoms with Gasteiger partial charge in [-0.2, -0.15) is 0 Å². The van der Waals surface area contributed by atoms with Gasteiger partial charge >= 0.3 is 5.97 Å². The maximum Gasteiger partial charge on any atom is 0.328 e. The second-order valence-electron chi connectivity index (χ2n) is 4.29. The van der Waals surface area contributed by atoms with Crippen LogP contribution in [0, 0.1) is 0 Å². The number of carboxylic acids is 1. The quantitative estimate of drug-likeness (QED) is 0.657. The summed E-state index contributed by atoms with van der Waals surface area (Å²) in [4.78, 5) is 31.4. The van der Waals surface area contributed by atoms with Gasteiger partial charge in [0, 0.05) is 25.4 Å². The molecule has 1 atom stereocenters. The van der Waals surface area contributed by atoms with E-state index in [0.717, 1.165) is 18.2 Å². The van der Waals surface area contributed by atoms with Crippen LogP contribution in [0.3, 0.4) is 0 Å². The van der Waals surface area contributed by atoms with Crippen LogP contribution < -0.4 is 16.2 Å². The Morgan fingerprint density at radius 3 is 2.33 bits per heavy atom. The van der Waals surface area contributed by atoms with Gasteiger partial charge in [0.2, 0.25) is 5.91 Å². The van der Waals surface area contributed by atoms with Crippen LogP contribution in [0.5, 0.6) is 0 Å². The number of benzene rings is 1. The average molecular weight is 296 g/mol. The lowest BCUT2D eigenvalue weighted by Crippen LogP contribution is -2.42. The van der Waals surface area contributed by atoms with E-state index < -0.39 is 18.0 Å². The van der Waals surface area contributed by atoms with Crippen LogP contribution in [0.15, 0.2) is 24.3 Å². The molecular weight excluding hydrogens is 276 g/mol. The van der Waals surface area contributed by atoms with Gasteiger partial charge in [-0.3, -0.25) is 4.79 Å². The van der Waals surface area contributed by atoms with Crippen molar-refractivity contribution in [2.45, 2.75) is 26.3 Å². The number of hydrogen-bond donors (Lipinski definition) is 2. The Balaban J connectivity index is 0.000000885. The summed E-state index contributed by atoms with van der Waals surface area (Å²) < 4.78 is 4.65. The molecule has 0 bridgehead atoms. The van der Waals surface area contributed by atoms with Crippen molar-refractivity contribution in [3.8, 4) is 0 Å². The van der Waals surface area contributed by atoms with Crippen LogP contribution in [0.4, 0.5) is 5.69 Å². The lowest BCUT2D eigenvalue weighted by atomic mass is 10.1. The molecule has 0 heterocycles. The molecule has 0 radical (unpaired) electrons. The number of carbonyl (C=O) groups excluding carboxylic acids is 3. The van der Waals surface area contributed by atoms with Crippen molar-refractivity contribution in [3.63, 3.8) is 0 Å². The number of carboxylic acid groups (broad SMARTS) is 1. The number of methoxy groups -OCH3 is 1. The Hall–Kier alpha value is -2.41. The minimum Gasteiger partial charge on any atom is -0.550 e. The van der Waals surface area contributed by atoms with Crippen LogP contribution in [0.1, 0.15) is 19.4 Å². The van der Waals surface area contributed by atoms with Crippen LogP contribution in [-0.2, 0) is 25.5 Å². The fourth-order valence-electron chi connectivity index (χ4n) is 1.57. The second-order valence-corrected chi connectivity index (χ2v) is 4.29. The molecule has 0 fully saturated rings. The Kier molecular flexibility index (Phi) is 8.40. The van der Waals surface area contributed by atoms with Gasteiger partial charge in [0.25, 0.3) is 0 Å². The van der Waals surface area contributed by atoms with E-state index in [4.69, 9.17) is 9.90 Å². The number of quaternary nitrogens is 1. The van der Waals surface area contributed by atoms with E-state index in [0.29, 0.717) is 6.42 Å². The van der Waals surface area contributed by atoms with E-state index in [9.17, 15) is 9.59 Å². The largest absolute Gasteiger partial charge is 0.550 e. The van der Waals surface area contributed by atoms with Crippen LogP contribution in [0.2, 0.25) is 0 Å². The number of nitrogens with one attached hydrogen (secondary N) is 1. The van der Waals surface area contributed by atoms with Crippen molar-refractivity contribution in [2.75, 3.05) is 7.11 Å². The molecule has 0 saturated heterocycles. The molecule has 7 heteroatoms. The van der Waals surface area contributed by atoms with Crippen LogP contribution >= 0.6 is 0 Å². The number of ether oxygens (including phenoxy) is 1. The zero-order chi connectivity index (χ0) is 16.4. The van der Waals surface area contributed by atoms with Crippen LogP contribution in [0.25, 0.3) is 0 Å². The molecule has 116 valence electrons. The third-order valence-electron chi connectivity index (χ3n) is 2.29. The molecule has 7 nitrogen and oxygen atoms in total. The first kappa shape index (κ1) is 18.6. The first-order chi connectivity index (χ1) is 9.76. The maximum absolute atomic E-state index is 11.5. The number of amides is 1. The van der Waals surface area contributed by atoms with E-state index in [1.54, 1.807) is 0 Å². The molecule has 21 heavy (non-hydrogen) atoms. The molecule has 0 aromatic heterocycles. The molecule has 0 spiro atoms. The van der Waals surface area contributed by atoms with E-state index in [2.05, 4.69) is 15.8 Å². The number of hydrogen-bond acceptors (Lipinski definition) is 5. The summed E-state index contributed by atoms with van der Waals surface area (Å²) in [5.41, 5.74) is 5.61. The summed E-state index contributed by atoms with van der Waals surface area (Å²) >= 11 is 0. The topological polar surface area (TPSA) is 123 Å². The molecule has 4 N–H and O–H groups in total. The van der Waals surface area contributed by atoms with Crippen molar-refractivity contribution in [1.82, 2.24) is 5.32 Å². The Morgan fingerprint density at radius 2 is 1.90 bits per heavy atom. The summed E-state index contributed by atoms with van der Waals surface area (Å²) in [7, 11) is 1.30. The highest BCUT2D eigenvalue weighted by Crippen LogP contribution is 2.08. The van der Waals surface area contributed by atoms with Crippen molar-refractivity contribution >= 4 is 23.5 Å². The van der Waals surface area contributed by atoms with Gasteiger partial charge in [-0.15, -0.1) is 0 Å². The molecule has 1 rings (SSSR count). The van der Waals surface area contributed by atoms with Crippen molar-refractivity contribution in [2.24, 2.45) is 0 Å². The maximum atomic E-state index is 11.5. The minimum atomic E-state index is -1.08. The van der Waals surface area contributed by atoms with Gasteiger partial charge in [-0.1, -0.05) is 12.1 Å². The first-order valence-electron chi connectivity index (χ1n) is 6.19. The van der Waals surface area contributed by atoms with Crippen molar-refractivity contribution in [3.05, 3.63) is 29.8 Å². The zero-order valence-corrected chi connectivity index (χ0v) is 12.3. The Morgan fingerprint density at radius 1 is 1.33 bits per heavy atom. The standard InChI is InChI=1S/C12H16N2O3.C2H4O2/c1-8(15)14-11(12(16)17-2)7-9-4-3-5-10(13)6-9;1-2(3)4/h3-6,11H,7,13H2,1-2H3,(H,14,15);1H3,(H,3,4). The summed E-state index contributed by atoms with van der Waals surface area (Å²) in [6.45, 7) is 2.34. The van der Waals surface area contributed by atoms with Gasteiger partial charge in [-0.25, -0.2) is 4.79 Å². The smallest absolute Gasteiger partial charge is 0.328 e. The molecule has 0 aliphatic carbocycles. The number of aliphatic carboxylic acids is 1. The lowest BCUT2D eigenvalue weighted by Gasteiger charge is -2.15. The Labute approximate surface area is 123 Å². The Bertz CT molecular complexity index is 498. The number of rotatable bonds is 4. The molecule has 1 aromatic rings. The lowest BCUT2D eigenvalue weighted by molar-refractivity contribution is -0.302. The molecule has 0 aliphatic rings. The number of carbonyl (C=O) groups is 3. The highest BCUT2D eigenvalue weighted by Gasteiger charge is 2.20. The third kappa shape index (κ3) is 9.17. The van der Waals surface area contributed by atoms with E-state index in [1.165, 1.54) is 14.0 Å². The van der Waals surface area contributed by atoms with Crippen molar-refractivity contribution in [1.29, 1.82) is 0 Å². The molecular formula is C14H20N2O5. The van der Waals surface area contributed by atoms with E-state index in [1.807, 2.05) is 24.3 Å². The molecule has 1 aromatic carbocycles. The molecule has 0 saturated carbocycles. The van der Waals surface area contributed by atoms with Gasteiger partial charge in [0.05, 0.1) is 7.11 Å². The monoisotopic (exact) mass is 296 g/mol. The van der Waals surface area contributed by atoms with E-state index in [-0.39, 0.29) is 5.91 Å². The SMILES string of the molecule is CC(=O)[O-].COC(=O)C(Cc1cccc([NH3+])c1)NC(C)=O. The summed E-state index contributed by atoms with van der Waals surface area (Å²) in [6.07, 6.45) is 0.398. The van der Waals surface area contributed by atoms with Crippen molar-refractivity contribution < 1.29 is 30.0 Å². The van der Waals surface area contributed by atoms with Gasteiger partial charge in [-0.05, 0) is 18.6 Å². The normalized spacial score (nSPS) is 10.7. The highest BCUT2D eigenvalue weighted by atomic mass is 16.5. The number of esters is 1. The van der Waals surface area contributed by atoms with Gasteiger partial charge in [0.15, 0.2) is 0 Å². The fourth-order valence-corrected chi connectivity index (χ4v) is 1.57. The zero-order valence-electron chi connectivity index (χ0n) is 12.3. The average Bonchev–Trinajstić information content (AvgIpc) is 2.36.